The first-order valence-electron chi connectivity index (χ1n) is 4.26. The van der Waals surface area contributed by atoms with Crippen LogP contribution < -0.4 is 5.32 Å². The summed E-state index contributed by atoms with van der Waals surface area (Å²) in [6, 6.07) is 7.30. The Labute approximate surface area is 83.5 Å². The van der Waals surface area contributed by atoms with Gasteiger partial charge < -0.3 is 10.4 Å². The molecule has 2 N–H and O–H groups in total. The molecular formula is C10H14ClNO. The number of halogens is 1. The molecule has 72 valence electrons. The lowest BCUT2D eigenvalue weighted by Crippen LogP contribution is -2.28. The van der Waals surface area contributed by atoms with E-state index in [0.717, 1.165) is 5.56 Å². The molecule has 1 rings (SSSR count). The van der Waals surface area contributed by atoms with E-state index in [0.29, 0.717) is 5.02 Å². The highest BCUT2D eigenvalue weighted by atomic mass is 35.5. The molecule has 2 nitrogen and oxygen atoms in total. The van der Waals surface area contributed by atoms with Crippen LogP contribution in [-0.2, 0) is 0 Å². The van der Waals surface area contributed by atoms with Crippen LogP contribution in [0.15, 0.2) is 24.3 Å². The molecule has 0 saturated heterocycles. The summed E-state index contributed by atoms with van der Waals surface area (Å²) in [6.45, 7) is 1.92. The molecule has 0 aliphatic heterocycles. The Morgan fingerprint density at radius 1 is 1.46 bits per heavy atom. The van der Waals surface area contributed by atoms with Gasteiger partial charge in [0.2, 0.25) is 0 Å². The number of rotatable bonds is 3. The van der Waals surface area contributed by atoms with E-state index in [9.17, 15) is 5.11 Å². The monoisotopic (exact) mass is 199 g/mol. The second-order valence-corrected chi connectivity index (χ2v) is 3.51. The molecule has 2 atom stereocenters. The first-order valence-corrected chi connectivity index (χ1v) is 4.63. The highest BCUT2D eigenvalue weighted by Crippen LogP contribution is 2.19. The van der Waals surface area contributed by atoms with E-state index < -0.39 is 6.10 Å². The normalized spacial score (nSPS) is 15.4. The zero-order valence-electron chi connectivity index (χ0n) is 7.79. The van der Waals surface area contributed by atoms with Crippen LogP contribution in [0.4, 0.5) is 0 Å². The summed E-state index contributed by atoms with van der Waals surface area (Å²) in [4.78, 5) is 0. The molecular weight excluding hydrogens is 186 g/mol. The minimum Gasteiger partial charge on any atom is -0.387 e. The minimum absolute atomic E-state index is 0.0264. The molecule has 0 radical (unpaired) electrons. The molecule has 13 heavy (non-hydrogen) atoms. The standard InChI is InChI=1S/C10H14ClNO/c1-7(12-2)10(13)8-4-3-5-9(11)6-8/h3-7,10,12-13H,1-2H3/t7-,10-/m0/s1. The number of hydrogen-bond acceptors (Lipinski definition) is 2. The zero-order chi connectivity index (χ0) is 9.84. The predicted octanol–water partition coefficient (Wildman–Crippen LogP) is 1.98. The van der Waals surface area contributed by atoms with E-state index in [1.807, 2.05) is 26.1 Å². The maximum Gasteiger partial charge on any atom is 0.0940 e. The molecule has 1 aromatic carbocycles. The van der Waals surface area contributed by atoms with Crippen LogP contribution in [0.2, 0.25) is 5.02 Å². The van der Waals surface area contributed by atoms with E-state index in [1.165, 1.54) is 0 Å². The van der Waals surface area contributed by atoms with Gasteiger partial charge in [0.15, 0.2) is 0 Å². The molecule has 0 bridgehead atoms. The van der Waals surface area contributed by atoms with Crippen molar-refractivity contribution in [2.75, 3.05) is 7.05 Å². The summed E-state index contributed by atoms with van der Waals surface area (Å²) < 4.78 is 0. The molecule has 3 heteroatoms. The van der Waals surface area contributed by atoms with Gasteiger partial charge in [0.05, 0.1) is 6.10 Å². The largest absolute Gasteiger partial charge is 0.387 e. The third-order valence-electron chi connectivity index (χ3n) is 2.12. The Bertz CT molecular complexity index is 277. The van der Waals surface area contributed by atoms with E-state index in [2.05, 4.69) is 5.32 Å². The first-order chi connectivity index (χ1) is 6.15. The Balaban J connectivity index is 2.82. The quantitative estimate of drug-likeness (QED) is 0.781. The molecule has 0 aliphatic carbocycles. The van der Waals surface area contributed by atoms with Crippen LogP contribution in [0.1, 0.15) is 18.6 Å². The van der Waals surface area contributed by atoms with Crippen molar-refractivity contribution in [3.05, 3.63) is 34.9 Å². The number of aliphatic hydroxyl groups excluding tert-OH is 1. The van der Waals surface area contributed by atoms with E-state index in [4.69, 9.17) is 11.6 Å². The number of nitrogens with one attached hydrogen (secondary N) is 1. The fourth-order valence-electron chi connectivity index (χ4n) is 1.14. The van der Waals surface area contributed by atoms with Crippen molar-refractivity contribution < 1.29 is 5.11 Å². The van der Waals surface area contributed by atoms with Gasteiger partial charge >= 0.3 is 0 Å². The van der Waals surface area contributed by atoms with Gasteiger partial charge in [-0.05, 0) is 31.7 Å². The number of likely N-dealkylation sites (N-methyl/N-ethyl adjacent to an activating group) is 1. The third-order valence-corrected chi connectivity index (χ3v) is 2.35. The molecule has 0 fully saturated rings. The minimum atomic E-state index is -0.510. The second-order valence-electron chi connectivity index (χ2n) is 3.08. The van der Waals surface area contributed by atoms with Gasteiger partial charge in [-0.25, -0.2) is 0 Å². The van der Waals surface area contributed by atoms with Crippen LogP contribution in [-0.4, -0.2) is 18.2 Å². The van der Waals surface area contributed by atoms with Crippen molar-refractivity contribution in [1.29, 1.82) is 0 Å². The fourth-order valence-corrected chi connectivity index (χ4v) is 1.34. The van der Waals surface area contributed by atoms with Crippen molar-refractivity contribution in [3.8, 4) is 0 Å². The Hall–Kier alpha value is -0.570. The van der Waals surface area contributed by atoms with Gasteiger partial charge in [0.25, 0.3) is 0 Å². The average Bonchev–Trinajstić information content (AvgIpc) is 2.15. The van der Waals surface area contributed by atoms with E-state index in [-0.39, 0.29) is 6.04 Å². The van der Waals surface area contributed by atoms with Crippen LogP contribution >= 0.6 is 11.6 Å². The maximum absolute atomic E-state index is 9.79. The smallest absolute Gasteiger partial charge is 0.0940 e. The maximum atomic E-state index is 9.79. The second kappa shape index (κ2) is 4.61. The summed E-state index contributed by atoms with van der Waals surface area (Å²) in [6.07, 6.45) is -0.510. The Kier molecular flexibility index (Phi) is 3.72. The average molecular weight is 200 g/mol. The van der Waals surface area contributed by atoms with Gasteiger partial charge in [0.1, 0.15) is 0 Å². The van der Waals surface area contributed by atoms with E-state index in [1.54, 1.807) is 12.1 Å². The van der Waals surface area contributed by atoms with Crippen molar-refractivity contribution in [1.82, 2.24) is 5.32 Å². The van der Waals surface area contributed by atoms with Gasteiger partial charge in [-0.15, -0.1) is 0 Å². The molecule has 0 spiro atoms. The van der Waals surface area contributed by atoms with Crippen LogP contribution in [0, 0.1) is 0 Å². The topological polar surface area (TPSA) is 32.3 Å². The lowest BCUT2D eigenvalue weighted by atomic mass is 10.0. The Morgan fingerprint density at radius 3 is 2.69 bits per heavy atom. The van der Waals surface area contributed by atoms with Gasteiger partial charge in [-0.1, -0.05) is 23.7 Å². The van der Waals surface area contributed by atoms with Crippen LogP contribution in [0.3, 0.4) is 0 Å². The summed E-state index contributed by atoms with van der Waals surface area (Å²) in [7, 11) is 1.82. The Morgan fingerprint density at radius 2 is 2.15 bits per heavy atom. The van der Waals surface area contributed by atoms with Crippen molar-refractivity contribution in [2.45, 2.75) is 19.1 Å². The number of hydrogen-bond donors (Lipinski definition) is 2. The SMILES string of the molecule is CN[C@@H](C)[C@H](O)c1cccc(Cl)c1. The molecule has 0 amide bonds. The summed E-state index contributed by atoms with van der Waals surface area (Å²) >= 11 is 5.81. The summed E-state index contributed by atoms with van der Waals surface area (Å²) in [5, 5.41) is 13.4. The predicted molar refractivity (Wildman–Crippen MR) is 54.9 cm³/mol. The molecule has 0 heterocycles. The van der Waals surface area contributed by atoms with Crippen molar-refractivity contribution in [2.24, 2.45) is 0 Å². The summed E-state index contributed by atoms with van der Waals surface area (Å²) in [5.41, 5.74) is 0.842. The van der Waals surface area contributed by atoms with Crippen molar-refractivity contribution in [3.63, 3.8) is 0 Å². The highest BCUT2D eigenvalue weighted by molar-refractivity contribution is 6.30. The molecule has 0 unspecified atom stereocenters. The third kappa shape index (κ3) is 2.69. The zero-order valence-corrected chi connectivity index (χ0v) is 8.55. The lowest BCUT2D eigenvalue weighted by Gasteiger charge is -2.18. The van der Waals surface area contributed by atoms with E-state index >= 15 is 0 Å². The summed E-state index contributed by atoms with van der Waals surface area (Å²) in [5.74, 6) is 0. The van der Waals surface area contributed by atoms with Gasteiger partial charge in [-0.2, -0.15) is 0 Å². The highest BCUT2D eigenvalue weighted by Gasteiger charge is 2.13. The molecule has 0 aliphatic rings. The van der Waals surface area contributed by atoms with Gasteiger partial charge in [0, 0.05) is 11.1 Å². The van der Waals surface area contributed by atoms with Crippen molar-refractivity contribution >= 4 is 11.6 Å². The number of aliphatic hydroxyl groups is 1. The van der Waals surface area contributed by atoms with Gasteiger partial charge in [-0.3, -0.25) is 0 Å². The molecule has 0 aromatic heterocycles. The molecule has 0 saturated carbocycles. The molecule has 1 aromatic rings. The fraction of sp³-hybridized carbons (Fsp3) is 0.400. The van der Waals surface area contributed by atoms with Crippen LogP contribution in [0.25, 0.3) is 0 Å². The first kappa shape index (κ1) is 10.5. The number of benzene rings is 1. The van der Waals surface area contributed by atoms with Crippen LogP contribution in [0.5, 0.6) is 0 Å². The lowest BCUT2D eigenvalue weighted by molar-refractivity contribution is 0.140.